The van der Waals surface area contributed by atoms with E-state index in [-0.39, 0.29) is 80.8 Å². The van der Waals surface area contributed by atoms with E-state index in [1.165, 1.54) is 24.0 Å². The SMILES string of the molecule is CC1=NC2C=CSC2C(=O)N1.CC1=NC2CCCC2C(=O)N1.CC1=NC2NN=CC2C(=O)N1.CC1=NC2SC=CC2C(=O)N1.CC1=Nc2ccccc(=O)c2C1.Cc1nc2c(c(=O)[nH]1)COCC2.Cc1nccc(=O)[nH]1.Cc1nnc2n1CCS2. The average molecular weight is 1220 g/mol. The zero-order chi connectivity index (χ0) is 60.7. The maximum absolute atomic E-state index is 11.4. The Morgan fingerprint density at radius 3 is 2.18 bits per heavy atom. The molecule has 15 rings (SSSR count). The van der Waals surface area contributed by atoms with Crippen molar-refractivity contribution in [2.24, 2.45) is 47.8 Å². The lowest BCUT2D eigenvalue weighted by molar-refractivity contribution is -0.124. The second kappa shape index (κ2) is 29.7. The maximum Gasteiger partial charge on any atom is 0.256 e. The van der Waals surface area contributed by atoms with Crippen LogP contribution in [0.2, 0.25) is 0 Å². The lowest BCUT2D eigenvalue weighted by atomic mass is 10.0. The Morgan fingerprint density at radius 2 is 1.41 bits per heavy atom. The summed E-state index contributed by atoms with van der Waals surface area (Å²) in [6.45, 7) is 16.8. The number of hydrazone groups is 1. The summed E-state index contributed by atoms with van der Waals surface area (Å²) in [5.74, 6) is 6.64. The molecular weight excluding hydrogens is 1150 g/mol. The number of nitrogens with one attached hydrogen (secondary N) is 7. The quantitative estimate of drug-likeness (QED) is 0.132. The molecule has 11 aliphatic rings. The summed E-state index contributed by atoms with van der Waals surface area (Å²) in [5.41, 5.74) is 6.94. The highest BCUT2D eigenvalue weighted by Crippen LogP contribution is 2.33. The molecule has 0 saturated heterocycles. The van der Waals surface area contributed by atoms with Crippen LogP contribution >= 0.6 is 35.3 Å². The number of carbonyl (C=O) groups is 4. The topological polar surface area (TPSA) is 351 Å². The Bertz CT molecular complexity index is 3530. The van der Waals surface area contributed by atoms with Gasteiger partial charge in [0.05, 0.1) is 54.1 Å². The number of aromatic nitrogens is 7. The van der Waals surface area contributed by atoms with Crippen LogP contribution in [0.1, 0.15) is 88.2 Å². The van der Waals surface area contributed by atoms with Crippen LogP contribution in [0.3, 0.4) is 0 Å². The largest absolute Gasteiger partial charge is 0.376 e. The second-order valence-corrected chi connectivity index (χ2v) is 23.6. The Labute approximate surface area is 502 Å². The Morgan fingerprint density at radius 1 is 0.694 bits per heavy atom. The fourth-order valence-electron chi connectivity index (χ4n) is 9.76. The molecule has 3 aromatic heterocycles. The van der Waals surface area contributed by atoms with Gasteiger partial charge in [-0.3, -0.25) is 59.0 Å². The number of H-pyrrole nitrogens is 2. The number of amides is 4. The molecule has 1 saturated carbocycles. The average Bonchev–Trinajstić information content (AvgIpc) is 4.53. The third-order valence-corrected chi connectivity index (χ3v) is 16.9. The number of hydrogen-bond acceptors (Lipinski definition) is 22. The van der Waals surface area contributed by atoms with Crippen molar-refractivity contribution < 1.29 is 23.9 Å². The van der Waals surface area contributed by atoms with Crippen LogP contribution in [0, 0.1) is 38.5 Å². The number of rotatable bonds is 0. The molecule has 29 heteroatoms. The highest BCUT2D eigenvalue weighted by Gasteiger charge is 2.37. The molecule has 4 aromatic rings. The molecule has 10 aliphatic heterocycles. The number of ether oxygens (including phenoxy) is 1. The number of aromatic amines is 2. The molecule has 0 bridgehead atoms. The smallest absolute Gasteiger partial charge is 0.256 e. The first-order valence-corrected chi connectivity index (χ1v) is 30.4. The van der Waals surface area contributed by atoms with Crippen LogP contribution < -0.4 is 43.2 Å². The number of aliphatic imine (C=N–C) groups is 5. The van der Waals surface area contributed by atoms with Crippen molar-refractivity contribution in [3.8, 4) is 0 Å². The zero-order valence-corrected chi connectivity index (χ0v) is 50.7. The number of nitrogens with zero attached hydrogens (tertiary/aromatic N) is 11. The van der Waals surface area contributed by atoms with Crippen molar-refractivity contribution in [2.75, 3.05) is 12.4 Å². The van der Waals surface area contributed by atoms with Crippen LogP contribution in [0.15, 0.2) is 109 Å². The van der Waals surface area contributed by atoms with Crippen molar-refractivity contribution >= 4 is 99.9 Å². The summed E-state index contributed by atoms with van der Waals surface area (Å²) in [5, 5.41) is 27.5. The Kier molecular flexibility index (Phi) is 22.0. The van der Waals surface area contributed by atoms with Crippen LogP contribution in [-0.4, -0.2) is 135 Å². The van der Waals surface area contributed by atoms with Crippen molar-refractivity contribution in [3.63, 3.8) is 0 Å². The minimum atomic E-state index is -0.223. The van der Waals surface area contributed by atoms with E-state index in [0.29, 0.717) is 48.7 Å². The van der Waals surface area contributed by atoms with Crippen LogP contribution in [0.5, 0.6) is 0 Å². The van der Waals surface area contributed by atoms with Gasteiger partial charge in [0.1, 0.15) is 57.4 Å². The van der Waals surface area contributed by atoms with Gasteiger partial charge in [-0.2, -0.15) is 5.10 Å². The van der Waals surface area contributed by atoms with E-state index in [1.54, 1.807) is 62.6 Å². The van der Waals surface area contributed by atoms with Gasteiger partial charge in [0.2, 0.25) is 23.6 Å². The third-order valence-electron chi connectivity index (χ3n) is 13.8. The predicted octanol–water partition coefficient (Wildman–Crippen LogP) is 3.66. The summed E-state index contributed by atoms with van der Waals surface area (Å²) < 4.78 is 7.30. The molecule has 7 N–H and O–H groups in total. The summed E-state index contributed by atoms with van der Waals surface area (Å²) in [6, 6.07) is 8.83. The van der Waals surface area contributed by atoms with Crippen molar-refractivity contribution in [3.05, 3.63) is 125 Å². The Hall–Kier alpha value is -8.02. The molecule has 0 spiro atoms. The first-order chi connectivity index (χ1) is 40.8. The normalized spacial score (nSPS) is 24.8. The van der Waals surface area contributed by atoms with E-state index >= 15 is 0 Å². The zero-order valence-electron chi connectivity index (χ0n) is 48.2. The lowest BCUT2D eigenvalue weighted by Crippen LogP contribution is -2.46. The Balaban J connectivity index is 0.000000127. The minimum Gasteiger partial charge on any atom is -0.376 e. The van der Waals surface area contributed by atoms with E-state index in [9.17, 15) is 33.6 Å². The van der Waals surface area contributed by atoms with Gasteiger partial charge < -0.3 is 40.5 Å². The number of thioether (sulfide) groups is 3. The molecule has 1 aliphatic carbocycles. The van der Waals surface area contributed by atoms with E-state index in [1.807, 2.05) is 69.7 Å². The number of hydrogen-bond donors (Lipinski definition) is 7. The van der Waals surface area contributed by atoms with Crippen LogP contribution in [-0.2, 0) is 49.9 Å². The van der Waals surface area contributed by atoms with Gasteiger partial charge in [0, 0.05) is 54.9 Å². The van der Waals surface area contributed by atoms with Gasteiger partial charge in [-0.1, -0.05) is 42.5 Å². The van der Waals surface area contributed by atoms with Crippen LogP contribution in [0.25, 0.3) is 0 Å². The molecule has 448 valence electrons. The summed E-state index contributed by atoms with van der Waals surface area (Å²) >= 11 is 4.92. The molecule has 4 amide bonds. The van der Waals surface area contributed by atoms with Crippen molar-refractivity contribution in [1.29, 1.82) is 0 Å². The van der Waals surface area contributed by atoms with E-state index in [4.69, 9.17) is 4.74 Å². The number of fused-ring (bicyclic) bond motifs is 7. The standard InChI is InChI=1S/C10H9NO.C8H10N2O2.C8H12N2O.2C7H8N2OS.C6H8N4O.C5H7N3S.C5H6N2O/c1-7-6-8-9(11-7)4-2-3-5-10(8)12;1-5-9-7-2-3-12-4-6(7)8(11)10-5;1-5-9-7-4-2-3-6(7)8(11)10-5;1-4-8-5-2-3-11-6(5)7(10)9-4;1-4-8-6(10)5-2-3-11-7(5)9-4;1-3-8-5-4(2-7-10-5)6(11)9-3;1-4-6-7-5-8(4)2-3-9-5;1-4-6-3-2-5(8)7-4/h2-5H,6H2,1H3;2-4H2,1H3,(H,9,10,11);6-7H,2-4H2,1H3,(H,9,10,11);2-3,5-6H,1H3,(H,8,9,10);2-3,5,7H,1H3,(H,8,9,10);2,4-5,10H,1H3,(H,8,9,11);2-3H2,1H3;2-3H,1H3,(H,6,7,8). The fourth-order valence-corrected chi connectivity index (χ4v) is 12.6. The summed E-state index contributed by atoms with van der Waals surface area (Å²) in [7, 11) is 0. The fraction of sp³-hybridized carbons (Fsp3) is 0.446. The van der Waals surface area contributed by atoms with Crippen LogP contribution in [0.4, 0.5) is 5.69 Å². The highest BCUT2D eigenvalue weighted by atomic mass is 32.2. The molecular formula is C56H68N18O8S3. The molecule has 8 atom stereocenters. The molecule has 26 nitrogen and oxygen atoms in total. The first-order valence-electron chi connectivity index (χ1n) is 27.5. The van der Waals surface area contributed by atoms with Gasteiger partial charge in [-0.25, -0.2) is 15.0 Å². The minimum absolute atomic E-state index is 0.0151. The van der Waals surface area contributed by atoms with E-state index in [2.05, 4.69) is 91.5 Å². The van der Waals surface area contributed by atoms with Gasteiger partial charge in [0.25, 0.3) is 11.1 Å². The monoisotopic (exact) mass is 1220 g/mol. The first kappa shape index (κ1) is 63.0. The maximum atomic E-state index is 11.4. The predicted molar refractivity (Wildman–Crippen MR) is 331 cm³/mol. The molecule has 1 fully saturated rings. The van der Waals surface area contributed by atoms with Gasteiger partial charge in [-0.15, -0.1) is 33.7 Å². The third kappa shape index (κ3) is 17.3. The highest BCUT2D eigenvalue weighted by molar-refractivity contribution is 8.03. The molecule has 0 radical (unpaired) electrons. The molecule has 85 heavy (non-hydrogen) atoms. The van der Waals surface area contributed by atoms with Gasteiger partial charge in [-0.05, 0) is 91.2 Å². The molecule has 1 aromatic carbocycles. The summed E-state index contributed by atoms with van der Waals surface area (Å²) in [4.78, 5) is 113. The van der Waals surface area contributed by atoms with Crippen molar-refractivity contribution in [1.82, 2.24) is 61.4 Å². The number of amidine groups is 4. The van der Waals surface area contributed by atoms with Gasteiger partial charge in [0.15, 0.2) is 16.8 Å². The van der Waals surface area contributed by atoms with Crippen molar-refractivity contribution in [2.45, 2.75) is 135 Å². The second-order valence-electron chi connectivity index (χ2n) is 20.5. The van der Waals surface area contributed by atoms with E-state index < -0.39 is 0 Å². The number of aryl methyl sites for hydroxylation is 3. The van der Waals surface area contributed by atoms with Gasteiger partial charge >= 0.3 is 0 Å². The molecule has 13 heterocycles. The summed E-state index contributed by atoms with van der Waals surface area (Å²) in [6.07, 6.45) is 11.5. The lowest BCUT2D eigenvalue weighted by Gasteiger charge is -2.21. The number of carbonyl (C=O) groups excluding carboxylic acids is 4. The molecule has 8 unspecified atom stereocenters. The van der Waals surface area contributed by atoms with E-state index in [0.717, 1.165) is 89.1 Å².